The lowest BCUT2D eigenvalue weighted by atomic mass is 10.2. The highest BCUT2D eigenvalue weighted by atomic mass is 16.5. The fraction of sp³-hybridized carbons (Fsp3) is 0.231. The molecule has 0 aliphatic carbocycles. The van der Waals surface area contributed by atoms with Crippen molar-refractivity contribution in [1.82, 2.24) is 15.0 Å². The van der Waals surface area contributed by atoms with Gasteiger partial charge >= 0.3 is 0 Å². The summed E-state index contributed by atoms with van der Waals surface area (Å²) in [7, 11) is 4.57. The van der Waals surface area contributed by atoms with Crippen LogP contribution in [0.3, 0.4) is 0 Å². The van der Waals surface area contributed by atoms with E-state index in [2.05, 4.69) is 25.6 Å². The highest BCUT2D eigenvalue weighted by molar-refractivity contribution is 5.68. The standard InChI is InChI=1S/C13H15N5O4/c1-20-9-4-8(5-10(21-2)11(9)22-3)17-13-15-6-14-12(18-13)16-7-19/h4-7H,1-3H3,(H2,14,15,16,17,18,19). The molecule has 2 aromatic rings. The van der Waals surface area contributed by atoms with Crippen LogP contribution in [0.4, 0.5) is 17.6 Å². The number of benzene rings is 1. The fourth-order valence-corrected chi connectivity index (χ4v) is 1.76. The molecule has 22 heavy (non-hydrogen) atoms. The number of hydrogen-bond donors (Lipinski definition) is 2. The molecule has 0 bridgehead atoms. The summed E-state index contributed by atoms with van der Waals surface area (Å²) in [5.41, 5.74) is 0.623. The number of nitrogens with zero attached hydrogens (tertiary/aromatic N) is 3. The van der Waals surface area contributed by atoms with Gasteiger partial charge in [-0.1, -0.05) is 0 Å². The molecular weight excluding hydrogens is 290 g/mol. The van der Waals surface area contributed by atoms with Crippen molar-refractivity contribution < 1.29 is 19.0 Å². The second kappa shape index (κ2) is 7.07. The van der Waals surface area contributed by atoms with Crippen LogP contribution in [-0.4, -0.2) is 42.7 Å². The van der Waals surface area contributed by atoms with E-state index in [0.29, 0.717) is 29.3 Å². The Morgan fingerprint density at radius 3 is 2.18 bits per heavy atom. The van der Waals surface area contributed by atoms with E-state index in [1.807, 2.05) is 0 Å². The van der Waals surface area contributed by atoms with Crippen molar-refractivity contribution in [3.8, 4) is 17.2 Å². The van der Waals surface area contributed by atoms with Gasteiger partial charge in [-0.3, -0.25) is 10.1 Å². The third kappa shape index (κ3) is 3.32. The molecule has 2 rings (SSSR count). The van der Waals surface area contributed by atoms with Crippen molar-refractivity contribution in [2.75, 3.05) is 32.0 Å². The van der Waals surface area contributed by atoms with E-state index in [0.717, 1.165) is 0 Å². The van der Waals surface area contributed by atoms with Gasteiger partial charge in [0.1, 0.15) is 6.33 Å². The zero-order valence-corrected chi connectivity index (χ0v) is 12.3. The van der Waals surface area contributed by atoms with E-state index >= 15 is 0 Å². The first-order chi connectivity index (χ1) is 10.7. The fourth-order valence-electron chi connectivity index (χ4n) is 1.76. The third-order valence-electron chi connectivity index (χ3n) is 2.68. The lowest BCUT2D eigenvalue weighted by molar-refractivity contribution is -0.105. The summed E-state index contributed by atoms with van der Waals surface area (Å²) in [6.45, 7) is 0. The van der Waals surface area contributed by atoms with Crippen LogP contribution in [-0.2, 0) is 4.79 Å². The maximum Gasteiger partial charge on any atom is 0.233 e. The average Bonchev–Trinajstić information content (AvgIpc) is 2.54. The molecule has 9 nitrogen and oxygen atoms in total. The Bertz CT molecular complexity index is 640. The van der Waals surface area contributed by atoms with Gasteiger partial charge in [0.05, 0.1) is 21.3 Å². The van der Waals surface area contributed by atoms with Gasteiger partial charge in [0.15, 0.2) is 11.5 Å². The number of methoxy groups -OCH3 is 3. The first-order valence-corrected chi connectivity index (χ1v) is 6.18. The number of carbonyl (C=O) groups is 1. The topological polar surface area (TPSA) is 107 Å². The molecule has 0 unspecified atom stereocenters. The number of amides is 1. The molecule has 0 atom stereocenters. The first kappa shape index (κ1) is 15.3. The summed E-state index contributed by atoms with van der Waals surface area (Å²) in [5.74, 6) is 1.86. The Hall–Kier alpha value is -3.10. The minimum atomic E-state index is 0.139. The molecule has 1 amide bonds. The molecule has 2 N–H and O–H groups in total. The number of carbonyl (C=O) groups excluding carboxylic acids is 1. The van der Waals surface area contributed by atoms with Crippen molar-refractivity contribution in [1.29, 1.82) is 0 Å². The first-order valence-electron chi connectivity index (χ1n) is 6.18. The third-order valence-corrected chi connectivity index (χ3v) is 2.68. The van der Waals surface area contributed by atoms with Crippen LogP contribution in [0.1, 0.15) is 0 Å². The molecular formula is C13H15N5O4. The van der Waals surface area contributed by atoms with Crippen LogP contribution in [0.25, 0.3) is 0 Å². The number of ether oxygens (including phenoxy) is 3. The highest BCUT2D eigenvalue weighted by Gasteiger charge is 2.13. The quantitative estimate of drug-likeness (QED) is 0.735. The van der Waals surface area contributed by atoms with Crippen LogP contribution in [0, 0.1) is 0 Å². The normalized spacial score (nSPS) is 9.77. The molecule has 0 saturated carbocycles. The van der Waals surface area contributed by atoms with Gasteiger partial charge in [0.25, 0.3) is 0 Å². The molecule has 9 heteroatoms. The van der Waals surface area contributed by atoms with Crippen molar-refractivity contribution in [2.24, 2.45) is 0 Å². The SMILES string of the molecule is COc1cc(Nc2ncnc(NC=O)n2)cc(OC)c1OC. The van der Waals surface area contributed by atoms with E-state index in [-0.39, 0.29) is 11.9 Å². The summed E-state index contributed by atoms with van der Waals surface area (Å²) < 4.78 is 15.8. The van der Waals surface area contributed by atoms with E-state index < -0.39 is 0 Å². The van der Waals surface area contributed by atoms with Crippen LogP contribution >= 0.6 is 0 Å². The number of rotatable bonds is 7. The highest BCUT2D eigenvalue weighted by Crippen LogP contribution is 2.40. The minimum absolute atomic E-state index is 0.139. The Morgan fingerprint density at radius 2 is 1.64 bits per heavy atom. The van der Waals surface area contributed by atoms with Crippen molar-refractivity contribution in [2.45, 2.75) is 0 Å². The Balaban J connectivity index is 2.33. The van der Waals surface area contributed by atoms with Gasteiger partial charge in [-0.15, -0.1) is 0 Å². The van der Waals surface area contributed by atoms with Gasteiger partial charge in [0, 0.05) is 17.8 Å². The monoisotopic (exact) mass is 305 g/mol. The molecule has 0 fully saturated rings. The predicted molar refractivity (Wildman–Crippen MR) is 78.9 cm³/mol. The van der Waals surface area contributed by atoms with Crippen LogP contribution < -0.4 is 24.8 Å². The van der Waals surface area contributed by atoms with Gasteiger partial charge < -0.3 is 19.5 Å². The summed E-state index contributed by atoms with van der Waals surface area (Å²) in [5, 5.41) is 5.31. The lowest BCUT2D eigenvalue weighted by Crippen LogP contribution is -2.05. The van der Waals surface area contributed by atoms with Gasteiger partial charge in [-0.25, -0.2) is 9.97 Å². The maximum absolute atomic E-state index is 10.4. The predicted octanol–water partition coefficient (Wildman–Crippen LogP) is 1.21. The van der Waals surface area contributed by atoms with Crippen LogP contribution in [0.5, 0.6) is 17.2 Å². The summed E-state index contributed by atoms with van der Waals surface area (Å²) in [6.07, 6.45) is 1.76. The van der Waals surface area contributed by atoms with Crippen molar-refractivity contribution >= 4 is 24.0 Å². The molecule has 0 radical (unpaired) electrons. The van der Waals surface area contributed by atoms with E-state index in [1.54, 1.807) is 12.1 Å². The zero-order chi connectivity index (χ0) is 15.9. The Kier molecular flexibility index (Phi) is 4.91. The second-order valence-electron chi connectivity index (χ2n) is 3.93. The van der Waals surface area contributed by atoms with Crippen LogP contribution in [0.2, 0.25) is 0 Å². The number of anilines is 3. The number of aromatic nitrogens is 3. The number of hydrogen-bond acceptors (Lipinski definition) is 8. The van der Waals surface area contributed by atoms with E-state index in [4.69, 9.17) is 14.2 Å². The minimum Gasteiger partial charge on any atom is -0.493 e. The largest absolute Gasteiger partial charge is 0.493 e. The van der Waals surface area contributed by atoms with Crippen molar-refractivity contribution in [3.63, 3.8) is 0 Å². The molecule has 0 aliphatic heterocycles. The summed E-state index contributed by atoms with van der Waals surface area (Å²) >= 11 is 0. The summed E-state index contributed by atoms with van der Waals surface area (Å²) in [4.78, 5) is 22.2. The zero-order valence-electron chi connectivity index (χ0n) is 12.3. The molecule has 1 heterocycles. The second-order valence-corrected chi connectivity index (χ2v) is 3.93. The molecule has 1 aromatic heterocycles. The summed E-state index contributed by atoms with van der Waals surface area (Å²) in [6, 6.07) is 3.41. The molecule has 0 saturated heterocycles. The Labute approximate surface area is 126 Å². The smallest absolute Gasteiger partial charge is 0.233 e. The van der Waals surface area contributed by atoms with Crippen LogP contribution in [0.15, 0.2) is 18.5 Å². The maximum atomic E-state index is 10.4. The lowest BCUT2D eigenvalue weighted by Gasteiger charge is -2.14. The van der Waals surface area contributed by atoms with Gasteiger partial charge in [-0.2, -0.15) is 4.98 Å². The van der Waals surface area contributed by atoms with E-state index in [1.165, 1.54) is 27.7 Å². The van der Waals surface area contributed by atoms with Crippen molar-refractivity contribution in [3.05, 3.63) is 18.5 Å². The number of nitrogens with one attached hydrogen (secondary N) is 2. The molecule has 0 spiro atoms. The molecule has 116 valence electrons. The van der Waals surface area contributed by atoms with E-state index in [9.17, 15) is 4.79 Å². The molecule has 1 aromatic carbocycles. The van der Waals surface area contributed by atoms with Gasteiger partial charge in [0.2, 0.25) is 24.1 Å². The Morgan fingerprint density at radius 1 is 1.00 bits per heavy atom. The average molecular weight is 305 g/mol. The van der Waals surface area contributed by atoms with Gasteiger partial charge in [-0.05, 0) is 0 Å². The molecule has 0 aliphatic rings.